The van der Waals surface area contributed by atoms with Gasteiger partial charge in [0, 0.05) is 0 Å². The molecule has 0 atom stereocenters. The van der Waals surface area contributed by atoms with Crippen molar-refractivity contribution in [1.29, 1.82) is 0 Å². The van der Waals surface area contributed by atoms with E-state index in [0.29, 0.717) is 6.10 Å². The van der Waals surface area contributed by atoms with Crippen molar-refractivity contribution in [1.82, 2.24) is 4.81 Å². The molecule has 2 nitrogen and oxygen atoms in total. The van der Waals surface area contributed by atoms with Crippen LogP contribution in [-0.4, -0.2) is 32.0 Å². The van der Waals surface area contributed by atoms with Gasteiger partial charge in [-0.2, -0.15) is 0 Å². The van der Waals surface area contributed by atoms with Crippen LogP contribution < -0.4 is 0 Å². The van der Waals surface area contributed by atoms with Crippen LogP contribution in [0.25, 0.3) is 0 Å². The topological polar surface area (TPSA) is 12.5 Å². The van der Waals surface area contributed by atoms with Crippen LogP contribution in [0.5, 0.6) is 0 Å². The Hall–Kier alpha value is -0.795. The molecule has 0 aliphatic carbocycles. The van der Waals surface area contributed by atoms with Crippen molar-refractivity contribution in [2.75, 3.05) is 13.1 Å². The second kappa shape index (κ2) is 5.70. The Bertz CT molecular complexity index is 372. The molecule has 2 rings (SSSR count). The second-order valence-electron chi connectivity index (χ2n) is 5.23. The third-order valence-electron chi connectivity index (χ3n) is 3.72. The van der Waals surface area contributed by atoms with Gasteiger partial charge in [0.1, 0.15) is 0 Å². The summed E-state index contributed by atoms with van der Waals surface area (Å²) in [6.45, 7) is 7.40. The van der Waals surface area contributed by atoms with Crippen molar-refractivity contribution in [3.8, 4) is 0 Å². The minimum absolute atomic E-state index is 0.452. The zero-order valence-corrected chi connectivity index (χ0v) is 11.2. The molecule has 1 saturated heterocycles. The summed E-state index contributed by atoms with van der Waals surface area (Å²) < 4.78 is 5.99. The van der Waals surface area contributed by atoms with E-state index in [1.165, 1.54) is 29.5 Å². The van der Waals surface area contributed by atoms with Crippen LogP contribution in [0.4, 0.5) is 0 Å². The minimum atomic E-state index is 0.452. The van der Waals surface area contributed by atoms with E-state index in [4.69, 9.17) is 4.74 Å². The molecule has 1 aromatic carbocycles. The first kappa shape index (κ1) is 12.7. The lowest BCUT2D eigenvalue weighted by Gasteiger charge is -2.29. The number of piperidine rings is 1. The standard InChI is InChI=1S/C14H22BNO/c1-11-3-4-13(9-12(11)2)10-17-14-5-7-16(15)8-6-14/h3-4,9,14H,5-8,10,15H2,1-2H3. The van der Waals surface area contributed by atoms with Crippen LogP contribution in [0.1, 0.15) is 29.5 Å². The molecule has 0 spiro atoms. The largest absolute Gasteiger partial charge is 0.373 e. The number of nitrogens with zero attached hydrogens (tertiary/aromatic N) is 1. The molecule has 1 aliphatic heterocycles. The van der Waals surface area contributed by atoms with Gasteiger partial charge in [0.2, 0.25) is 0 Å². The first-order chi connectivity index (χ1) is 8.15. The maximum Gasteiger partial charge on any atom is 0.185 e. The molecule has 0 saturated carbocycles. The zero-order valence-electron chi connectivity index (χ0n) is 11.2. The first-order valence-electron chi connectivity index (χ1n) is 6.51. The van der Waals surface area contributed by atoms with E-state index >= 15 is 0 Å². The molecule has 3 heteroatoms. The van der Waals surface area contributed by atoms with E-state index < -0.39 is 0 Å². The van der Waals surface area contributed by atoms with E-state index in [2.05, 4.69) is 44.8 Å². The third-order valence-corrected chi connectivity index (χ3v) is 3.72. The van der Waals surface area contributed by atoms with Gasteiger partial charge in [-0.1, -0.05) is 18.2 Å². The summed E-state index contributed by atoms with van der Waals surface area (Å²) in [6.07, 6.45) is 2.79. The maximum atomic E-state index is 5.99. The summed E-state index contributed by atoms with van der Waals surface area (Å²) in [5, 5.41) is 0. The maximum absolute atomic E-state index is 5.99. The van der Waals surface area contributed by atoms with Crippen molar-refractivity contribution in [2.24, 2.45) is 0 Å². The fourth-order valence-corrected chi connectivity index (χ4v) is 2.26. The Morgan fingerprint density at radius 3 is 2.59 bits per heavy atom. The lowest BCUT2D eigenvalue weighted by atomic mass is 10.0. The quantitative estimate of drug-likeness (QED) is 0.736. The Morgan fingerprint density at radius 2 is 1.94 bits per heavy atom. The molecule has 1 heterocycles. The Kier molecular flexibility index (Phi) is 4.24. The van der Waals surface area contributed by atoms with Crippen molar-refractivity contribution in [2.45, 2.75) is 39.4 Å². The van der Waals surface area contributed by atoms with Gasteiger partial charge in [-0.3, -0.25) is 0 Å². The van der Waals surface area contributed by atoms with Gasteiger partial charge in [-0.05, 0) is 56.5 Å². The number of hydrogen-bond donors (Lipinski definition) is 0. The molecule has 0 radical (unpaired) electrons. The van der Waals surface area contributed by atoms with Crippen LogP contribution in [0, 0.1) is 13.8 Å². The van der Waals surface area contributed by atoms with Crippen LogP contribution in [-0.2, 0) is 11.3 Å². The van der Waals surface area contributed by atoms with Crippen LogP contribution >= 0.6 is 0 Å². The van der Waals surface area contributed by atoms with Crippen molar-refractivity contribution < 1.29 is 4.74 Å². The molecule has 0 N–H and O–H groups in total. The first-order valence-corrected chi connectivity index (χ1v) is 6.51. The van der Waals surface area contributed by atoms with Gasteiger partial charge in [0.05, 0.1) is 12.7 Å². The SMILES string of the molecule is BN1CCC(OCc2ccc(C)c(C)c2)CC1. The molecular formula is C14H22BNO. The summed E-state index contributed by atoms with van der Waals surface area (Å²) in [5.74, 6) is 0. The fourth-order valence-electron chi connectivity index (χ4n) is 2.26. The number of rotatable bonds is 3. The zero-order chi connectivity index (χ0) is 12.3. The highest BCUT2D eigenvalue weighted by Gasteiger charge is 2.16. The molecular weight excluding hydrogens is 209 g/mol. The summed E-state index contributed by atoms with van der Waals surface area (Å²) in [4.78, 5) is 2.37. The van der Waals surface area contributed by atoms with E-state index in [1.54, 1.807) is 0 Å². The molecule has 1 aromatic rings. The van der Waals surface area contributed by atoms with Crippen molar-refractivity contribution in [3.05, 3.63) is 34.9 Å². The Balaban J connectivity index is 1.83. The second-order valence-corrected chi connectivity index (χ2v) is 5.23. The molecule has 92 valence electrons. The van der Waals surface area contributed by atoms with Gasteiger partial charge in [-0.15, -0.1) is 0 Å². The summed E-state index contributed by atoms with van der Waals surface area (Å²) in [7, 11) is 2.18. The molecule has 0 bridgehead atoms. The Labute approximate surface area is 105 Å². The minimum Gasteiger partial charge on any atom is -0.373 e. The molecule has 17 heavy (non-hydrogen) atoms. The predicted octanol–water partition coefficient (Wildman–Crippen LogP) is 1.83. The van der Waals surface area contributed by atoms with E-state index in [1.807, 2.05) is 0 Å². The summed E-state index contributed by atoms with van der Waals surface area (Å²) in [6, 6.07) is 6.60. The number of aryl methyl sites for hydroxylation is 2. The van der Waals surface area contributed by atoms with Gasteiger partial charge in [0.25, 0.3) is 0 Å². The third kappa shape index (κ3) is 3.58. The Morgan fingerprint density at radius 1 is 1.24 bits per heavy atom. The average Bonchev–Trinajstić information content (AvgIpc) is 2.33. The molecule has 1 aliphatic rings. The number of benzene rings is 1. The highest BCUT2D eigenvalue weighted by atomic mass is 16.5. The predicted molar refractivity (Wildman–Crippen MR) is 73.8 cm³/mol. The van der Waals surface area contributed by atoms with Crippen LogP contribution in [0.15, 0.2) is 18.2 Å². The number of ether oxygens (including phenoxy) is 1. The van der Waals surface area contributed by atoms with E-state index in [0.717, 1.165) is 19.7 Å². The normalized spacial score (nSPS) is 18.5. The molecule has 0 amide bonds. The van der Waals surface area contributed by atoms with Crippen molar-refractivity contribution in [3.63, 3.8) is 0 Å². The fraction of sp³-hybridized carbons (Fsp3) is 0.571. The highest BCUT2D eigenvalue weighted by molar-refractivity contribution is 6.04. The summed E-state index contributed by atoms with van der Waals surface area (Å²) in [5.41, 5.74) is 4.01. The average molecular weight is 231 g/mol. The van der Waals surface area contributed by atoms with Gasteiger partial charge in [0.15, 0.2) is 7.98 Å². The lowest BCUT2D eigenvalue weighted by molar-refractivity contribution is 0.0103. The van der Waals surface area contributed by atoms with Crippen molar-refractivity contribution >= 4 is 7.98 Å². The van der Waals surface area contributed by atoms with Gasteiger partial charge in [-0.25, -0.2) is 0 Å². The van der Waals surface area contributed by atoms with Gasteiger partial charge >= 0.3 is 0 Å². The summed E-state index contributed by atoms with van der Waals surface area (Å²) >= 11 is 0. The highest BCUT2D eigenvalue weighted by Crippen LogP contribution is 2.16. The van der Waals surface area contributed by atoms with Gasteiger partial charge < -0.3 is 9.55 Å². The van der Waals surface area contributed by atoms with E-state index in [-0.39, 0.29) is 0 Å². The smallest absolute Gasteiger partial charge is 0.185 e. The lowest BCUT2D eigenvalue weighted by Crippen LogP contribution is -2.35. The molecule has 0 unspecified atom stereocenters. The number of hydrogen-bond acceptors (Lipinski definition) is 2. The van der Waals surface area contributed by atoms with Crippen LogP contribution in [0.3, 0.4) is 0 Å². The van der Waals surface area contributed by atoms with Crippen LogP contribution in [0.2, 0.25) is 0 Å². The molecule has 1 fully saturated rings. The molecule has 0 aromatic heterocycles. The van der Waals surface area contributed by atoms with E-state index in [9.17, 15) is 0 Å². The monoisotopic (exact) mass is 231 g/mol.